The molecule has 11 heteroatoms. The number of aromatic nitrogens is 4. The van der Waals surface area contributed by atoms with Crippen LogP contribution in [0.25, 0.3) is 32.9 Å². The zero-order valence-corrected chi connectivity index (χ0v) is 29.5. The number of nitrogens with one attached hydrogen (secondary N) is 2. The molecule has 0 bridgehead atoms. The third kappa shape index (κ3) is 7.36. The van der Waals surface area contributed by atoms with E-state index in [-0.39, 0.29) is 13.2 Å². The fourth-order valence-electron chi connectivity index (χ4n) is 6.80. The minimum Gasteiger partial charge on any atom is -0.460 e. The summed E-state index contributed by atoms with van der Waals surface area (Å²) in [6.45, 7) is 7.28. The van der Waals surface area contributed by atoms with E-state index in [2.05, 4.69) is 88.7 Å². The molecule has 1 fully saturated rings. The van der Waals surface area contributed by atoms with Gasteiger partial charge in [0.2, 0.25) is 0 Å². The first-order valence-corrected chi connectivity index (χ1v) is 17.2. The third-order valence-electron chi connectivity index (χ3n) is 9.73. The lowest BCUT2D eigenvalue weighted by Crippen LogP contribution is -2.31. The molecule has 5 heterocycles. The number of likely N-dealkylation sites (N-methyl/N-ethyl adjacent to an activating group) is 1. The number of carbonyl (C=O) groups is 1. The highest BCUT2D eigenvalue weighted by molar-refractivity contribution is 5.92. The van der Waals surface area contributed by atoms with Crippen LogP contribution in [0.1, 0.15) is 28.7 Å². The molecule has 260 valence electrons. The second-order valence-electron chi connectivity index (χ2n) is 13.4. The Labute approximate surface area is 297 Å². The molecule has 0 unspecified atom stereocenters. The van der Waals surface area contributed by atoms with Gasteiger partial charge >= 0.3 is 5.97 Å². The first kappa shape index (κ1) is 34.0. The van der Waals surface area contributed by atoms with Crippen LogP contribution >= 0.6 is 0 Å². The number of carbonyl (C=O) groups excluding carboxylic acids is 1. The van der Waals surface area contributed by atoms with E-state index in [0.717, 1.165) is 86.5 Å². The van der Waals surface area contributed by atoms with E-state index in [1.165, 1.54) is 12.0 Å². The molecule has 1 aliphatic heterocycles. The van der Waals surface area contributed by atoms with E-state index in [0.29, 0.717) is 11.9 Å². The fourth-order valence-corrected chi connectivity index (χ4v) is 6.80. The summed E-state index contributed by atoms with van der Waals surface area (Å²) in [5, 5.41) is 9.07. The number of rotatable bonds is 11. The predicted molar refractivity (Wildman–Crippen MR) is 203 cm³/mol. The first-order chi connectivity index (χ1) is 24.8. The largest absolute Gasteiger partial charge is 0.460 e. The molecule has 4 N–H and O–H groups in total. The summed E-state index contributed by atoms with van der Waals surface area (Å²) in [5.74, 6) is 0.915. The number of ether oxygens (including phenoxy) is 1. The summed E-state index contributed by atoms with van der Waals surface area (Å²) in [6, 6.07) is 21.2. The van der Waals surface area contributed by atoms with Crippen molar-refractivity contribution in [2.24, 2.45) is 5.73 Å². The molecule has 0 saturated carbocycles. The Balaban J connectivity index is 1.11. The number of likely N-dealkylation sites (tertiary alicyclic amines) is 1. The zero-order chi connectivity index (χ0) is 35.5. The molecule has 1 atom stereocenters. The number of nitrogens with two attached hydrogens (primary N) is 1. The van der Waals surface area contributed by atoms with Crippen molar-refractivity contribution in [1.29, 1.82) is 0 Å². The minimum atomic E-state index is -0.457. The van der Waals surface area contributed by atoms with Crippen LogP contribution in [0, 0.1) is 13.8 Å². The van der Waals surface area contributed by atoms with E-state index in [9.17, 15) is 4.79 Å². The van der Waals surface area contributed by atoms with E-state index in [4.69, 9.17) is 20.4 Å². The average molecular weight is 682 g/mol. The van der Waals surface area contributed by atoms with Gasteiger partial charge in [0.1, 0.15) is 17.6 Å². The van der Waals surface area contributed by atoms with Crippen LogP contribution in [0.4, 0.5) is 23.0 Å². The number of anilines is 4. The molecule has 1 aliphatic rings. The molecule has 1 saturated heterocycles. The molecular formula is C40H43N9O2. The Hall–Kier alpha value is -5.49. The van der Waals surface area contributed by atoms with Gasteiger partial charge in [-0.25, -0.2) is 9.97 Å². The van der Waals surface area contributed by atoms with Gasteiger partial charge in [-0.15, -0.1) is 0 Å². The quantitative estimate of drug-likeness (QED) is 0.130. The number of benzene rings is 2. The molecule has 51 heavy (non-hydrogen) atoms. The van der Waals surface area contributed by atoms with Crippen LogP contribution in [0.15, 0.2) is 85.5 Å². The molecule has 0 spiro atoms. The average Bonchev–Trinajstić information content (AvgIpc) is 3.61. The second-order valence-corrected chi connectivity index (χ2v) is 13.4. The summed E-state index contributed by atoms with van der Waals surface area (Å²) in [4.78, 5) is 35.2. The molecule has 0 amide bonds. The number of esters is 1. The van der Waals surface area contributed by atoms with E-state index < -0.39 is 5.97 Å². The van der Waals surface area contributed by atoms with Crippen LogP contribution in [0.3, 0.4) is 0 Å². The van der Waals surface area contributed by atoms with Gasteiger partial charge in [-0.05, 0) is 98.6 Å². The van der Waals surface area contributed by atoms with Crippen molar-refractivity contribution in [2.45, 2.75) is 39.5 Å². The monoisotopic (exact) mass is 681 g/mol. The molecular weight excluding hydrogens is 639 g/mol. The number of fused-ring (bicyclic) bond motifs is 2. The van der Waals surface area contributed by atoms with Gasteiger partial charge in [-0.1, -0.05) is 24.3 Å². The number of nitrogens with zero attached hydrogens (tertiary/aromatic N) is 6. The van der Waals surface area contributed by atoms with E-state index in [1.54, 1.807) is 12.4 Å². The van der Waals surface area contributed by atoms with Gasteiger partial charge in [0, 0.05) is 78.2 Å². The van der Waals surface area contributed by atoms with Crippen molar-refractivity contribution in [3.63, 3.8) is 0 Å². The first-order valence-electron chi connectivity index (χ1n) is 17.2. The van der Waals surface area contributed by atoms with Crippen molar-refractivity contribution in [1.82, 2.24) is 29.7 Å². The van der Waals surface area contributed by atoms with Gasteiger partial charge < -0.3 is 26.0 Å². The van der Waals surface area contributed by atoms with E-state index in [1.807, 2.05) is 42.7 Å². The maximum atomic E-state index is 11.5. The lowest BCUT2D eigenvalue weighted by Gasteiger charge is -2.20. The minimum absolute atomic E-state index is 0.114. The van der Waals surface area contributed by atoms with Crippen molar-refractivity contribution < 1.29 is 9.53 Å². The standard InChI is InChI=1S/C40H43N9O2/c1-25-32(33-8-6-10-35(26(33)2)47-40-38-30(12-15-43-40)18-28(21-45-38)24-51-36(50)19-41)7-5-9-34(25)46-39-37-29(11-14-42-39)17-27(20-44-37)22-49-16-13-31(23-49)48(3)4/h5-12,14-15,17-18,20-21,31H,13,16,19,22-24,41H2,1-4H3,(H,42,46)(H,43,47)/t31-/m0/s1. The van der Waals surface area contributed by atoms with Gasteiger partial charge in [0.05, 0.1) is 6.54 Å². The summed E-state index contributed by atoms with van der Waals surface area (Å²) in [7, 11) is 4.32. The lowest BCUT2D eigenvalue weighted by molar-refractivity contribution is -0.143. The molecule has 2 aromatic carbocycles. The van der Waals surface area contributed by atoms with Crippen LogP contribution in [-0.4, -0.2) is 75.5 Å². The Morgan fingerprint density at radius 1 is 0.843 bits per heavy atom. The van der Waals surface area contributed by atoms with Crippen molar-refractivity contribution >= 4 is 50.8 Å². The Kier molecular flexibility index (Phi) is 9.85. The second kappa shape index (κ2) is 14.8. The van der Waals surface area contributed by atoms with Crippen molar-refractivity contribution in [3.05, 3.63) is 108 Å². The number of hydrogen-bond donors (Lipinski definition) is 3. The maximum absolute atomic E-state index is 11.5. The van der Waals surface area contributed by atoms with E-state index >= 15 is 0 Å². The van der Waals surface area contributed by atoms with Crippen LogP contribution < -0.4 is 16.4 Å². The molecule has 11 nitrogen and oxygen atoms in total. The summed E-state index contributed by atoms with van der Waals surface area (Å²) >= 11 is 0. The Bertz CT molecular complexity index is 2220. The zero-order valence-electron chi connectivity index (χ0n) is 29.5. The molecule has 4 aromatic heterocycles. The van der Waals surface area contributed by atoms with Crippen LogP contribution in [-0.2, 0) is 22.7 Å². The smallest absolute Gasteiger partial charge is 0.320 e. The summed E-state index contributed by atoms with van der Waals surface area (Å²) in [6.07, 6.45) is 8.47. The topological polar surface area (TPSA) is 134 Å². The highest BCUT2D eigenvalue weighted by Gasteiger charge is 2.24. The highest BCUT2D eigenvalue weighted by atomic mass is 16.5. The van der Waals surface area contributed by atoms with Gasteiger partial charge in [0.25, 0.3) is 0 Å². The molecule has 0 radical (unpaired) electrons. The summed E-state index contributed by atoms with van der Waals surface area (Å²) in [5.41, 5.74) is 15.2. The number of pyridine rings is 4. The molecule has 6 aromatic rings. The third-order valence-corrected chi connectivity index (χ3v) is 9.73. The van der Waals surface area contributed by atoms with Crippen molar-refractivity contribution in [2.75, 3.05) is 44.4 Å². The van der Waals surface area contributed by atoms with Crippen LogP contribution in [0.2, 0.25) is 0 Å². The fraction of sp³-hybridized carbons (Fsp3) is 0.275. The Morgan fingerprint density at radius 3 is 1.96 bits per heavy atom. The normalized spacial score (nSPS) is 14.7. The van der Waals surface area contributed by atoms with Crippen molar-refractivity contribution in [3.8, 4) is 11.1 Å². The predicted octanol–water partition coefficient (Wildman–Crippen LogP) is 6.48. The van der Waals surface area contributed by atoms with Gasteiger partial charge in [-0.2, -0.15) is 0 Å². The number of hydrogen-bond acceptors (Lipinski definition) is 11. The molecule has 7 rings (SSSR count). The van der Waals surface area contributed by atoms with Gasteiger partial charge in [-0.3, -0.25) is 19.7 Å². The maximum Gasteiger partial charge on any atom is 0.320 e. The summed E-state index contributed by atoms with van der Waals surface area (Å²) < 4.78 is 5.18. The van der Waals surface area contributed by atoms with Crippen LogP contribution in [0.5, 0.6) is 0 Å². The van der Waals surface area contributed by atoms with Gasteiger partial charge in [0.15, 0.2) is 11.6 Å². The highest BCUT2D eigenvalue weighted by Crippen LogP contribution is 2.36. The Morgan fingerprint density at radius 2 is 1.41 bits per heavy atom. The lowest BCUT2D eigenvalue weighted by atomic mass is 9.94. The molecule has 0 aliphatic carbocycles. The SMILES string of the molecule is Cc1c(Nc2nccc3cc(COC(=O)CN)cnc23)cccc1-c1cccc(Nc2nccc3cc(CN4CC[C@H](N(C)C)C4)cnc23)c1C.